The average molecular weight is 295 g/mol. The molecule has 1 N–H and O–H groups in total. The first-order chi connectivity index (χ1) is 8.15. The molecule has 0 aliphatic rings. The molecule has 7 nitrogen and oxygen atoms in total. The number of ether oxygens (including phenoxy) is 1. The van der Waals surface area contributed by atoms with Crippen molar-refractivity contribution in [3.63, 3.8) is 0 Å². The molecule has 1 aromatic heterocycles. The molecular formula is C9H15ClN4O3S. The van der Waals surface area contributed by atoms with Gasteiger partial charge in [0.1, 0.15) is 0 Å². The topological polar surface area (TPSA) is 94.1 Å². The molecule has 0 unspecified atom stereocenters. The number of anilines is 1. The van der Waals surface area contributed by atoms with Gasteiger partial charge in [-0.1, -0.05) is 0 Å². The van der Waals surface area contributed by atoms with Crippen LogP contribution in [0.4, 0.5) is 5.95 Å². The molecule has 0 aliphatic heterocycles. The van der Waals surface area contributed by atoms with E-state index in [1.54, 1.807) is 13.8 Å². The molecule has 0 spiro atoms. The van der Waals surface area contributed by atoms with Gasteiger partial charge < -0.3 is 10.1 Å². The Morgan fingerprint density at radius 3 is 2.44 bits per heavy atom. The van der Waals surface area contributed by atoms with Gasteiger partial charge in [0.05, 0.1) is 11.9 Å². The van der Waals surface area contributed by atoms with E-state index in [0.29, 0.717) is 0 Å². The van der Waals surface area contributed by atoms with Crippen LogP contribution in [0.15, 0.2) is 0 Å². The molecule has 0 amide bonds. The first-order valence-corrected chi connectivity index (χ1v) is 7.32. The Balaban J connectivity index is 2.84. The van der Waals surface area contributed by atoms with Crippen molar-refractivity contribution in [2.24, 2.45) is 0 Å². The third kappa shape index (κ3) is 3.67. The van der Waals surface area contributed by atoms with Gasteiger partial charge >= 0.3 is 6.01 Å². The molecule has 1 rings (SSSR count). The van der Waals surface area contributed by atoms with Crippen molar-refractivity contribution < 1.29 is 13.2 Å². The van der Waals surface area contributed by atoms with Crippen LogP contribution in [-0.2, 0) is 9.84 Å². The SMILES string of the molecule is COc1nc(Cl)nc(NCC(C)(C)S(C)(=O)=O)n1. The minimum Gasteiger partial charge on any atom is -0.467 e. The Morgan fingerprint density at radius 2 is 1.94 bits per heavy atom. The van der Waals surface area contributed by atoms with Crippen molar-refractivity contribution in [2.75, 3.05) is 25.2 Å². The van der Waals surface area contributed by atoms with Crippen LogP contribution in [-0.4, -0.2) is 48.0 Å². The second kappa shape index (κ2) is 5.23. The molecule has 0 aliphatic carbocycles. The van der Waals surface area contributed by atoms with Crippen LogP contribution in [0.1, 0.15) is 13.8 Å². The van der Waals surface area contributed by atoms with E-state index in [2.05, 4.69) is 20.3 Å². The molecule has 0 saturated heterocycles. The van der Waals surface area contributed by atoms with E-state index < -0.39 is 14.6 Å². The van der Waals surface area contributed by atoms with Crippen LogP contribution < -0.4 is 10.1 Å². The molecule has 9 heteroatoms. The third-order valence-corrected chi connectivity index (χ3v) is 4.77. The van der Waals surface area contributed by atoms with Crippen molar-refractivity contribution in [3.8, 4) is 6.01 Å². The zero-order valence-electron chi connectivity index (χ0n) is 10.6. The van der Waals surface area contributed by atoms with Crippen molar-refractivity contribution in [3.05, 3.63) is 5.28 Å². The summed E-state index contributed by atoms with van der Waals surface area (Å²) >= 11 is 5.67. The number of methoxy groups -OCH3 is 1. The Hall–Kier alpha value is -1.15. The lowest BCUT2D eigenvalue weighted by atomic mass is 10.2. The van der Waals surface area contributed by atoms with Gasteiger partial charge in [-0.05, 0) is 25.4 Å². The zero-order valence-corrected chi connectivity index (χ0v) is 12.1. The Labute approximate surface area is 111 Å². The summed E-state index contributed by atoms with van der Waals surface area (Å²) in [5, 5.41) is 2.77. The fourth-order valence-corrected chi connectivity index (χ4v) is 1.41. The molecule has 0 fully saturated rings. The third-order valence-electron chi connectivity index (χ3n) is 2.45. The van der Waals surface area contributed by atoms with Crippen molar-refractivity contribution in [2.45, 2.75) is 18.6 Å². The summed E-state index contributed by atoms with van der Waals surface area (Å²) in [4.78, 5) is 11.4. The maximum Gasteiger partial charge on any atom is 0.322 e. The predicted molar refractivity (Wildman–Crippen MR) is 68.8 cm³/mol. The summed E-state index contributed by atoms with van der Waals surface area (Å²) in [6, 6.07) is 0.0645. The quantitative estimate of drug-likeness (QED) is 0.857. The smallest absolute Gasteiger partial charge is 0.322 e. The highest BCUT2D eigenvalue weighted by atomic mass is 35.5. The van der Waals surface area contributed by atoms with Crippen LogP contribution in [0, 0.1) is 0 Å². The number of aromatic nitrogens is 3. The van der Waals surface area contributed by atoms with E-state index >= 15 is 0 Å². The van der Waals surface area contributed by atoms with Crippen molar-refractivity contribution >= 4 is 27.4 Å². The van der Waals surface area contributed by atoms with Gasteiger partial charge in [0.25, 0.3) is 0 Å². The number of rotatable bonds is 5. The first kappa shape index (κ1) is 14.9. The normalized spacial score (nSPS) is 12.3. The summed E-state index contributed by atoms with van der Waals surface area (Å²) in [5.41, 5.74) is 0. The van der Waals surface area contributed by atoms with E-state index in [0.717, 1.165) is 0 Å². The number of sulfone groups is 1. The zero-order chi connectivity index (χ0) is 14.0. The molecule has 0 radical (unpaired) electrons. The van der Waals surface area contributed by atoms with Crippen LogP contribution >= 0.6 is 11.6 Å². The predicted octanol–water partition coefficient (Wildman–Crippen LogP) is 0.769. The maximum atomic E-state index is 11.5. The average Bonchev–Trinajstić information content (AvgIpc) is 2.24. The molecule has 102 valence electrons. The second-order valence-electron chi connectivity index (χ2n) is 4.30. The van der Waals surface area contributed by atoms with Crippen LogP contribution in [0.5, 0.6) is 6.01 Å². The maximum absolute atomic E-state index is 11.5. The molecule has 1 heterocycles. The summed E-state index contributed by atoms with van der Waals surface area (Å²) < 4.78 is 26.9. The second-order valence-corrected chi connectivity index (χ2v) is 7.29. The largest absolute Gasteiger partial charge is 0.467 e. The molecule has 0 atom stereocenters. The highest BCUT2D eigenvalue weighted by Gasteiger charge is 2.30. The van der Waals surface area contributed by atoms with Gasteiger partial charge in [-0.25, -0.2) is 8.42 Å². The van der Waals surface area contributed by atoms with Gasteiger partial charge in [0, 0.05) is 12.8 Å². The lowest BCUT2D eigenvalue weighted by Crippen LogP contribution is -2.38. The highest BCUT2D eigenvalue weighted by molar-refractivity contribution is 7.92. The van der Waals surface area contributed by atoms with E-state index in [-0.39, 0.29) is 23.8 Å². The Bertz CT molecular complexity index is 533. The van der Waals surface area contributed by atoms with Crippen molar-refractivity contribution in [1.29, 1.82) is 0 Å². The highest BCUT2D eigenvalue weighted by Crippen LogP contribution is 2.17. The minimum absolute atomic E-state index is 0.0264. The number of hydrogen-bond donors (Lipinski definition) is 1. The van der Waals surface area contributed by atoms with Crippen LogP contribution in [0.2, 0.25) is 5.28 Å². The van der Waals surface area contributed by atoms with Gasteiger partial charge in [0.2, 0.25) is 11.2 Å². The molecule has 0 saturated carbocycles. The standard InChI is InChI=1S/C9H15ClN4O3S/c1-9(2,18(4,15)16)5-11-7-12-6(10)13-8(14-7)17-3/h5H2,1-4H3,(H,11,12,13,14). The number of nitrogens with one attached hydrogen (secondary N) is 1. The lowest BCUT2D eigenvalue weighted by Gasteiger charge is -2.22. The van der Waals surface area contributed by atoms with E-state index in [9.17, 15) is 8.42 Å². The van der Waals surface area contributed by atoms with Crippen LogP contribution in [0.25, 0.3) is 0 Å². The summed E-state index contributed by atoms with van der Waals surface area (Å²) in [7, 11) is -1.80. The Morgan fingerprint density at radius 1 is 1.33 bits per heavy atom. The Kier molecular flexibility index (Phi) is 4.33. The number of nitrogens with zero attached hydrogens (tertiary/aromatic N) is 3. The molecular weight excluding hydrogens is 280 g/mol. The lowest BCUT2D eigenvalue weighted by molar-refractivity contribution is 0.378. The minimum atomic E-state index is -3.20. The molecule has 1 aromatic rings. The molecule has 0 aromatic carbocycles. The number of halogens is 1. The summed E-state index contributed by atoms with van der Waals surface area (Å²) in [5.74, 6) is 0.170. The van der Waals surface area contributed by atoms with Gasteiger partial charge in [-0.3, -0.25) is 0 Å². The fourth-order valence-electron chi connectivity index (χ4n) is 0.925. The van der Waals surface area contributed by atoms with E-state index in [1.165, 1.54) is 13.4 Å². The molecule has 0 bridgehead atoms. The van der Waals surface area contributed by atoms with Gasteiger partial charge in [-0.15, -0.1) is 0 Å². The van der Waals surface area contributed by atoms with Crippen LogP contribution in [0.3, 0.4) is 0 Å². The summed E-state index contributed by atoms with van der Waals surface area (Å²) in [6.45, 7) is 3.36. The molecule has 18 heavy (non-hydrogen) atoms. The van der Waals surface area contributed by atoms with Crippen molar-refractivity contribution in [1.82, 2.24) is 15.0 Å². The summed E-state index contributed by atoms with van der Waals surface area (Å²) in [6.07, 6.45) is 1.18. The van der Waals surface area contributed by atoms with Gasteiger partial charge in [-0.2, -0.15) is 15.0 Å². The fraction of sp³-hybridized carbons (Fsp3) is 0.667. The van der Waals surface area contributed by atoms with Gasteiger partial charge in [0.15, 0.2) is 9.84 Å². The van der Waals surface area contributed by atoms with E-state index in [4.69, 9.17) is 16.3 Å². The first-order valence-electron chi connectivity index (χ1n) is 5.05. The number of hydrogen-bond acceptors (Lipinski definition) is 7. The van der Waals surface area contributed by atoms with E-state index in [1.807, 2.05) is 0 Å². The monoisotopic (exact) mass is 294 g/mol.